The molecule has 0 heterocycles. The number of methoxy groups -OCH3 is 1. The summed E-state index contributed by atoms with van der Waals surface area (Å²) in [5.74, 6) is 0.503. The molecule has 1 N–H and O–H groups in total. The van der Waals surface area contributed by atoms with E-state index < -0.39 is 4.92 Å². The van der Waals surface area contributed by atoms with Crippen molar-refractivity contribution in [3.8, 4) is 5.75 Å². The maximum atomic E-state index is 10.9. The first-order chi connectivity index (χ1) is 9.26. The van der Waals surface area contributed by atoms with Crippen molar-refractivity contribution in [2.24, 2.45) is 0 Å². The minimum absolute atomic E-state index is 0.0187. The number of non-ortho nitro benzene ring substituents is 1. The Morgan fingerprint density at radius 2 is 2.00 bits per heavy atom. The Balaban J connectivity index is 2.73. The zero-order valence-electron chi connectivity index (χ0n) is 12.8. The van der Waals surface area contributed by atoms with Gasteiger partial charge in [-0.15, -0.1) is 0 Å². The summed E-state index contributed by atoms with van der Waals surface area (Å²) in [6.07, 6.45) is 0. The summed E-state index contributed by atoms with van der Waals surface area (Å²) < 4.78 is 5.09. The summed E-state index contributed by atoms with van der Waals surface area (Å²) >= 11 is 0. The number of likely N-dealkylation sites (N-methyl/N-ethyl adjacent to an activating group) is 1. The van der Waals surface area contributed by atoms with Gasteiger partial charge in [-0.1, -0.05) is 0 Å². The number of hydrogen-bond acceptors (Lipinski definition) is 5. The van der Waals surface area contributed by atoms with Gasteiger partial charge in [0, 0.05) is 24.7 Å². The van der Waals surface area contributed by atoms with Crippen molar-refractivity contribution in [3.63, 3.8) is 0 Å². The molecule has 6 nitrogen and oxygen atoms in total. The Morgan fingerprint density at radius 3 is 2.50 bits per heavy atom. The summed E-state index contributed by atoms with van der Waals surface area (Å²) in [6, 6.07) is 4.80. The molecule has 1 aromatic rings. The molecule has 0 saturated heterocycles. The Hall–Kier alpha value is -1.66. The van der Waals surface area contributed by atoms with Crippen LogP contribution in [0.3, 0.4) is 0 Å². The molecule has 0 aliphatic rings. The second-order valence-corrected chi connectivity index (χ2v) is 5.61. The fourth-order valence-electron chi connectivity index (χ4n) is 1.64. The first-order valence-corrected chi connectivity index (χ1v) is 6.47. The zero-order chi connectivity index (χ0) is 15.3. The van der Waals surface area contributed by atoms with Gasteiger partial charge in [0.2, 0.25) is 0 Å². The van der Waals surface area contributed by atoms with Crippen LogP contribution in [0.2, 0.25) is 0 Å². The van der Waals surface area contributed by atoms with Crippen molar-refractivity contribution < 1.29 is 9.66 Å². The summed E-state index contributed by atoms with van der Waals surface area (Å²) in [4.78, 5) is 12.6. The van der Waals surface area contributed by atoms with Crippen LogP contribution >= 0.6 is 0 Å². The molecule has 20 heavy (non-hydrogen) atoms. The van der Waals surface area contributed by atoms with Gasteiger partial charge in [0.1, 0.15) is 5.75 Å². The topological polar surface area (TPSA) is 67.6 Å². The SMILES string of the molecule is COc1cc(CNCC(C)(C)N(C)C)cc([N+](=O)[O-])c1. The highest BCUT2D eigenvalue weighted by molar-refractivity contribution is 5.42. The summed E-state index contributed by atoms with van der Waals surface area (Å²) in [6.45, 7) is 5.61. The fourth-order valence-corrected chi connectivity index (χ4v) is 1.64. The van der Waals surface area contributed by atoms with Gasteiger partial charge in [-0.3, -0.25) is 10.1 Å². The predicted molar refractivity (Wildman–Crippen MR) is 79.1 cm³/mol. The maximum absolute atomic E-state index is 10.9. The molecule has 0 radical (unpaired) electrons. The molecule has 6 heteroatoms. The van der Waals surface area contributed by atoms with Crippen LogP contribution < -0.4 is 10.1 Å². The van der Waals surface area contributed by atoms with E-state index in [0.717, 1.165) is 12.1 Å². The van der Waals surface area contributed by atoms with Crippen LogP contribution in [0.25, 0.3) is 0 Å². The van der Waals surface area contributed by atoms with Crippen LogP contribution in [-0.4, -0.2) is 43.1 Å². The van der Waals surface area contributed by atoms with Gasteiger partial charge in [-0.25, -0.2) is 0 Å². The molecule has 0 saturated carbocycles. The van der Waals surface area contributed by atoms with Crippen molar-refractivity contribution in [1.29, 1.82) is 0 Å². The number of ether oxygens (including phenoxy) is 1. The first-order valence-electron chi connectivity index (χ1n) is 6.47. The highest BCUT2D eigenvalue weighted by Crippen LogP contribution is 2.22. The first kappa shape index (κ1) is 16.4. The average Bonchev–Trinajstić information content (AvgIpc) is 2.37. The van der Waals surface area contributed by atoms with Crippen molar-refractivity contribution >= 4 is 5.69 Å². The lowest BCUT2D eigenvalue weighted by atomic mass is 10.0. The van der Waals surface area contributed by atoms with Gasteiger partial charge in [0.15, 0.2) is 0 Å². The lowest BCUT2D eigenvalue weighted by Gasteiger charge is -2.32. The van der Waals surface area contributed by atoms with Gasteiger partial charge in [0.25, 0.3) is 5.69 Å². The lowest BCUT2D eigenvalue weighted by Crippen LogP contribution is -2.46. The van der Waals surface area contributed by atoms with Crippen LogP contribution in [0.1, 0.15) is 19.4 Å². The molecule has 0 aliphatic carbocycles. The average molecular weight is 281 g/mol. The number of hydrogen-bond donors (Lipinski definition) is 1. The Kier molecular flexibility index (Phi) is 5.47. The molecule has 0 bridgehead atoms. The molecule has 0 fully saturated rings. The molecule has 112 valence electrons. The van der Waals surface area contributed by atoms with Crippen molar-refractivity contribution in [2.75, 3.05) is 27.7 Å². The standard InChI is InChI=1S/C14H23N3O3/c1-14(2,16(3)4)10-15-9-11-6-12(17(18)19)8-13(7-11)20-5/h6-8,15H,9-10H2,1-5H3. The molecule has 0 atom stereocenters. The zero-order valence-corrected chi connectivity index (χ0v) is 12.8. The Morgan fingerprint density at radius 1 is 1.35 bits per heavy atom. The van der Waals surface area contributed by atoms with E-state index >= 15 is 0 Å². The largest absolute Gasteiger partial charge is 0.496 e. The van der Waals surface area contributed by atoms with E-state index in [1.165, 1.54) is 13.2 Å². The molecule has 0 aliphatic heterocycles. The Bertz CT molecular complexity index is 473. The molecular weight excluding hydrogens is 258 g/mol. The fraction of sp³-hybridized carbons (Fsp3) is 0.571. The molecular formula is C14H23N3O3. The van der Waals surface area contributed by atoms with Crippen LogP contribution in [0.4, 0.5) is 5.69 Å². The highest BCUT2D eigenvalue weighted by Gasteiger charge is 2.19. The third-order valence-corrected chi connectivity index (χ3v) is 3.49. The van der Waals surface area contributed by atoms with Gasteiger partial charge < -0.3 is 15.0 Å². The van der Waals surface area contributed by atoms with E-state index in [1.54, 1.807) is 6.07 Å². The summed E-state index contributed by atoms with van der Waals surface area (Å²) in [5, 5.41) is 14.2. The molecule has 0 unspecified atom stereocenters. The smallest absolute Gasteiger partial charge is 0.273 e. The van der Waals surface area contributed by atoms with Crippen LogP contribution in [0, 0.1) is 10.1 Å². The van der Waals surface area contributed by atoms with E-state index in [9.17, 15) is 10.1 Å². The monoisotopic (exact) mass is 281 g/mol. The van der Waals surface area contributed by atoms with E-state index in [-0.39, 0.29) is 11.2 Å². The van der Waals surface area contributed by atoms with Gasteiger partial charge in [-0.05, 0) is 39.6 Å². The summed E-state index contributed by atoms with van der Waals surface area (Å²) in [7, 11) is 5.56. The number of rotatable bonds is 7. The van der Waals surface area contributed by atoms with Crippen LogP contribution in [-0.2, 0) is 6.54 Å². The maximum Gasteiger partial charge on any atom is 0.273 e. The van der Waals surface area contributed by atoms with Crippen molar-refractivity contribution in [1.82, 2.24) is 10.2 Å². The second kappa shape index (κ2) is 6.67. The van der Waals surface area contributed by atoms with E-state index in [2.05, 4.69) is 24.1 Å². The summed E-state index contributed by atoms with van der Waals surface area (Å²) in [5.41, 5.74) is 0.906. The third kappa shape index (κ3) is 4.47. The number of benzene rings is 1. The number of nitrogens with one attached hydrogen (secondary N) is 1. The van der Waals surface area contributed by atoms with Gasteiger partial charge in [0.05, 0.1) is 18.1 Å². The molecule has 0 amide bonds. The predicted octanol–water partition coefficient (Wildman–Crippen LogP) is 2.03. The molecule has 1 aromatic carbocycles. The van der Waals surface area contributed by atoms with E-state index in [0.29, 0.717) is 12.3 Å². The number of nitro benzene ring substituents is 1. The van der Waals surface area contributed by atoms with Crippen LogP contribution in [0.5, 0.6) is 5.75 Å². The van der Waals surface area contributed by atoms with Gasteiger partial charge >= 0.3 is 0 Å². The molecule has 0 aromatic heterocycles. The Labute approximate surface area is 119 Å². The van der Waals surface area contributed by atoms with Gasteiger partial charge in [-0.2, -0.15) is 0 Å². The molecule has 1 rings (SSSR count). The molecule has 0 spiro atoms. The van der Waals surface area contributed by atoms with E-state index in [1.807, 2.05) is 20.2 Å². The highest BCUT2D eigenvalue weighted by atomic mass is 16.6. The van der Waals surface area contributed by atoms with Crippen LogP contribution in [0.15, 0.2) is 18.2 Å². The number of nitro groups is 1. The second-order valence-electron chi connectivity index (χ2n) is 5.61. The minimum Gasteiger partial charge on any atom is -0.496 e. The third-order valence-electron chi connectivity index (χ3n) is 3.49. The lowest BCUT2D eigenvalue weighted by molar-refractivity contribution is -0.385. The van der Waals surface area contributed by atoms with E-state index in [4.69, 9.17) is 4.74 Å². The van der Waals surface area contributed by atoms with Crippen molar-refractivity contribution in [2.45, 2.75) is 25.9 Å². The quantitative estimate of drug-likeness (QED) is 0.612. The minimum atomic E-state index is -0.407. The number of nitrogens with zero attached hydrogens (tertiary/aromatic N) is 2. The normalized spacial score (nSPS) is 11.7. The van der Waals surface area contributed by atoms with Crippen molar-refractivity contribution in [3.05, 3.63) is 33.9 Å².